The van der Waals surface area contributed by atoms with Crippen LogP contribution in [0.15, 0.2) is 12.1 Å². The summed E-state index contributed by atoms with van der Waals surface area (Å²) in [5.74, 6) is -0.0974. The first-order chi connectivity index (χ1) is 9.97. The molecular formula is C11H13N5O5. The molecule has 0 aliphatic carbocycles. The zero-order chi connectivity index (χ0) is 15.4. The molecular weight excluding hydrogens is 282 g/mol. The summed E-state index contributed by atoms with van der Waals surface area (Å²) in [6.45, 7) is 0.253. The Bertz CT molecular complexity index is 603. The molecule has 1 aliphatic heterocycles. The van der Waals surface area contributed by atoms with E-state index in [1.807, 2.05) is 0 Å². The number of carbonyl (C=O) groups is 2. The number of nitrogens with two attached hydrogens (primary N) is 1. The van der Waals surface area contributed by atoms with Crippen molar-refractivity contribution >= 4 is 29.0 Å². The maximum Gasteiger partial charge on any atom is 0.312 e. The van der Waals surface area contributed by atoms with E-state index in [-0.39, 0.29) is 42.7 Å². The molecule has 0 spiro atoms. The predicted molar refractivity (Wildman–Crippen MR) is 73.3 cm³/mol. The van der Waals surface area contributed by atoms with Crippen LogP contribution in [0.25, 0.3) is 0 Å². The predicted octanol–water partition coefficient (Wildman–Crippen LogP) is 0.00590. The fraction of sp³-hybridized carbons (Fsp3) is 0.273. The van der Waals surface area contributed by atoms with Crippen molar-refractivity contribution in [2.75, 3.05) is 30.3 Å². The zero-order valence-electron chi connectivity index (χ0n) is 10.8. The lowest BCUT2D eigenvalue weighted by Crippen LogP contribution is -2.33. The van der Waals surface area contributed by atoms with Crippen molar-refractivity contribution in [3.05, 3.63) is 22.2 Å². The average Bonchev–Trinajstić information content (AvgIpc) is 2.42. The Kier molecular flexibility index (Phi) is 4.07. The second-order valence-corrected chi connectivity index (χ2v) is 4.18. The molecule has 10 nitrogen and oxygen atoms in total. The van der Waals surface area contributed by atoms with Gasteiger partial charge in [-0.05, 0) is 6.07 Å². The second kappa shape index (κ2) is 5.94. The molecule has 0 aromatic heterocycles. The van der Waals surface area contributed by atoms with Crippen molar-refractivity contribution in [3.8, 4) is 5.75 Å². The Morgan fingerprint density at radius 3 is 2.90 bits per heavy atom. The third-order valence-electron chi connectivity index (χ3n) is 2.67. The number of ether oxygens (including phenoxy) is 1. The second-order valence-electron chi connectivity index (χ2n) is 4.18. The minimum absolute atomic E-state index is 0.181. The molecule has 1 aromatic rings. The Hall–Kier alpha value is -3.04. The summed E-state index contributed by atoms with van der Waals surface area (Å²) in [6, 6.07) is 1.96. The van der Waals surface area contributed by atoms with Gasteiger partial charge in [-0.1, -0.05) is 0 Å². The third kappa shape index (κ3) is 3.49. The quantitative estimate of drug-likeness (QED) is 0.341. The van der Waals surface area contributed by atoms with Crippen LogP contribution in [0.2, 0.25) is 0 Å². The molecule has 0 saturated heterocycles. The number of hydrogen-bond donors (Lipinski definition) is 4. The molecule has 10 heteroatoms. The number of primary amides is 1. The van der Waals surface area contributed by atoms with Gasteiger partial charge in [-0.2, -0.15) is 0 Å². The molecule has 0 radical (unpaired) electrons. The molecule has 0 saturated carbocycles. The van der Waals surface area contributed by atoms with Gasteiger partial charge >= 0.3 is 6.03 Å². The van der Waals surface area contributed by atoms with Crippen LogP contribution in [0.5, 0.6) is 5.75 Å². The third-order valence-corrected chi connectivity index (χ3v) is 2.67. The van der Waals surface area contributed by atoms with Gasteiger partial charge in [0.05, 0.1) is 16.7 Å². The highest BCUT2D eigenvalue weighted by Gasteiger charge is 2.23. The number of fused-ring (bicyclic) bond motifs is 1. The Morgan fingerprint density at radius 1 is 1.48 bits per heavy atom. The van der Waals surface area contributed by atoms with Gasteiger partial charge in [-0.15, -0.1) is 0 Å². The average molecular weight is 295 g/mol. The standard InChI is InChI=1S/C11H13N5O5/c12-11(18)14-2-1-13-6-3-7-9(4-8(6)16(19)20)21-5-10(17)15-7/h3-4,13H,1-2,5H2,(H,15,17)(H3,12,14,18). The number of urea groups is 1. The van der Waals surface area contributed by atoms with E-state index in [0.717, 1.165) is 0 Å². The molecule has 5 N–H and O–H groups in total. The van der Waals surface area contributed by atoms with E-state index in [1.54, 1.807) is 0 Å². The monoisotopic (exact) mass is 295 g/mol. The lowest BCUT2D eigenvalue weighted by molar-refractivity contribution is -0.384. The minimum Gasteiger partial charge on any atom is -0.481 e. The first-order valence-electron chi connectivity index (χ1n) is 5.99. The van der Waals surface area contributed by atoms with E-state index in [9.17, 15) is 19.7 Å². The van der Waals surface area contributed by atoms with Crippen molar-refractivity contribution in [1.82, 2.24) is 5.32 Å². The topological polar surface area (TPSA) is 149 Å². The zero-order valence-corrected chi connectivity index (χ0v) is 10.8. The van der Waals surface area contributed by atoms with Crippen LogP contribution in [-0.4, -0.2) is 36.6 Å². The van der Waals surface area contributed by atoms with E-state index in [4.69, 9.17) is 10.5 Å². The fourth-order valence-corrected chi connectivity index (χ4v) is 1.79. The summed E-state index contributed by atoms with van der Waals surface area (Å²) in [7, 11) is 0. The fourth-order valence-electron chi connectivity index (χ4n) is 1.79. The van der Waals surface area contributed by atoms with Crippen molar-refractivity contribution in [1.29, 1.82) is 0 Å². The van der Waals surface area contributed by atoms with E-state index in [1.165, 1.54) is 12.1 Å². The van der Waals surface area contributed by atoms with E-state index in [0.29, 0.717) is 5.69 Å². The molecule has 2 rings (SSSR count). The summed E-state index contributed by atoms with van der Waals surface area (Å²) in [4.78, 5) is 32.2. The lowest BCUT2D eigenvalue weighted by Gasteiger charge is -2.19. The maximum absolute atomic E-state index is 11.2. The number of nitrogens with zero attached hydrogens (tertiary/aromatic N) is 1. The number of nitro benzene ring substituents is 1. The van der Waals surface area contributed by atoms with Gasteiger partial charge in [0.25, 0.3) is 11.6 Å². The van der Waals surface area contributed by atoms with Crippen LogP contribution >= 0.6 is 0 Å². The molecule has 0 unspecified atom stereocenters. The minimum atomic E-state index is -0.683. The highest BCUT2D eigenvalue weighted by Crippen LogP contribution is 2.37. The van der Waals surface area contributed by atoms with Crippen molar-refractivity contribution < 1.29 is 19.2 Å². The largest absolute Gasteiger partial charge is 0.481 e. The molecule has 0 fully saturated rings. The van der Waals surface area contributed by atoms with Gasteiger partial charge in [0.1, 0.15) is 5.69 Å². The van der Waals surface area contributed by atoms with Crippen LogP contribution in [0.4, 0.5) is 21.9 Å². The molecule has 1 heterocycles. The maximum atomic E-state index is 11.2. The van der Waals surface area contributed by atoms with E-state index in [2.05, 4.69) is 16.0 Å². The van der Waals surface area contributed by atoms with Gasteiger partial charge in [0, 0.05) is 13.1 Å². The van der Waals surface area contributed by atoms with Crippen LogP contribution in [0.1, 0.15) is 0 Å². The number of anilines is 2. The molecule has 3 amide bonds. The smallest absolute Gasteiger partial charge is 0.312 e. The lowest BCUT2D eigenvalue weighted by atomic mass is 10.2. The van der Waals surface area contributed by atoms with Crippen molar-refractivity contribution in [2.45, 2.75) is 0 Å². The normalized spacial score (nSPS) is 12.7. The number of hydrogen-bond acceptors (Lipinski definition) is 6. The number of nitrogens with one attached hydrogen (secondary N) is 3. The molecule has 21 heavy (non-hydrogen) atoms. The van der Waals surface area contributed by atoms with Crippen LogP contribution in [-0.2, 0) is 4.79 Å². The Labute approximate surface area is 118 Å². The summed E-state index contributed by atoms with van der Waals surface area (Å²) in [5.41, 5.74) is 5.27. The molecule has 1 aliphatic rings. The SMILES string of the molecule is NC(=O)NCCNc1cc2c(cc1[N+](=O)[O-])OCC(=O)N2. The number of rotatable bonds is 5. The highest BCUT2D eigenvalue weighted by molar-refractivity contribution is 5.96. The van der Waals surface area contributed by atoms with Crippen LogP contribution in [0.3, 0.4) is 0 Å². The number of nitro groups is 1. The number of amides is 3. The molecule has 0 bridgehead atoms. The summed E-state index contributed by atoms with van der Waals surface area (Å²) in [5, 5.41) is 18.7. The van der Waals surface area contributed by atoms with Crippen LogP contribution in [0, 0.1) is 10.1 Å². The van der Waals surface area contributed by atoms with Crippen molar-refractivity contribution in [3.63, 3.8) is 0 Å². The van der Waals surface area contributed by atoms with E-state index < -0.39 is 11.0 Å². The van der Waals surface area contributed by atoms with Gasteiger partial charge < -0.3 is 26.4 Å². The van der Waals surface area contributed by atoms with Gasteiger partial charge in [0.2, 0.25) is 0 Å². The molecule has 1 aromatic carbocycles. The summed E-state index contributed by atoms with van der Waals surface area (Å²) < 4.78 is 5.12. The number of carbonyl (C=O) groups excluding carboxylic acids is 2. The van der Waals surface area contributed by atoms with Gasteiger partial charge in [-0.25, -0.2) is 4.79 Å². The first kappa shape index (κ1) is 14.4. The summed E-state index contributed by atoms with van der Waals surface area (Å²) in [6.07, 6.45) is 0. The van der Waals surface area contributed by atoms with Crippen molar-refractivity contribution in [2.24, 2.45) is 5.73 Å². The van der Waals surface area contributed by atoms with Crippen LogP contribution < -0.4 is 26.4 Å². The molecule has 112 valence electrons. The summed E-state index contributed by atoms with van der Waals surface area (Å²) >= 11 is 0. The molecule has 0 atom stereocenters. The van der Waals surface area contributed by atoms with Gasteiger partial charge in [0.15, 0.2) is 12.4 Å². The Morgan fingerprint density at radius 2 is 2.24 bits per heavy atom. The van der Waals surface area contributed by atoms with Gasteiger partial charge in [-0.3, -0.25) is 14.9 Å². The Balaban J connectivity index is 2.17. The first-order valence-corrected chi connectivity index (χ1v) is 5.99. The highest BCUT2D eigenvalue weighted by atomic mass is 16.6. The van der Waals surface area contributed by atoms with E-state index >= 15 is 0 Å². The number of benzene rings is 1.